The monoisotopic (exact) mass is 288 g/mol. The van der Waals surface area contributed by atoms with E-state index < -0.39 is 11.6 Å². The van der Waals surface area contributed by atoms with Crippen LogP contribution in [0.4, 0.5) is 8.78 Å². The van der Waals surface area contributed by atoms with Gasteiger partial charge in [-0.2, -0.15) is 0 Å². The Morgan fingerprint density at radius 1 is 1.05 bits per heavy atom. The van der Waals surface area contributed by atoms with E-state index in [1.54, 1.807) is 18.2 Å². The summed E-state index contributed by atoms with van der Waals surface area (Å²) in [5.41, 5.74) is 1.71. The van der Waals surface area contributed by atoms with Crippen LogP contribution in [-0.2, 0) is 13.0 Å². The predicted molar refractivity (Wildman–Crippen MR) is 74.4 cm³/mol. The first-order valence-corrected chi connectivity index (χ1v) is 6.87. The summed E-state index contributed by atoms with van der Waals surface area (Å²) in [5.74, 6) is -1.09. The van der Waals surface area contributed by atoms with Gasteiger partial charge in [0.2, 0.25) is 0 Å². The third kappa shape index (κ3) is 2.66. The van der Waals surface area contributed by atoms with Crippen molar-refractivity contribution in [1.82, 2.24) is 0 Å². The van der Waals surface area contributed by atoms with Crippen molar-refractivity contribution in [2.24, 2.45) is 0 Å². The molecule has 0 unspecified atom stereocenters. The van der Waals surface area contributed by atoms with E-state index in [0.29, 0.717) is 17.7 Å². The van der Waals surface area contributed by atoms with Gasteiger partial charge in [-0.1, -0.05) is 24.3 Å². The van der Waals surface area contributed by atoms with Gasteiger partial charge in [-0.05, 0) is 25.0 Å². The maximum absolute atomic E-state index is 13.6. The van der Waals surface area contributed by atoms with Crippen molar-refractivity contribution in [2.75, 3.05) is 0 Å². The minimum atomic E-state index is -0.890. The van der Waals surface area contributed by atoms with Crippen LogP contribution in [0.3, 0.4) is 0 Å². The van der Waals surface area contributed by atoms with Crippen LogP contribution in [0.15, 0.2) is 36.4 Å². The number of halogens is 2. The fraction of sp³-hybridized carbons (Fsp3) is 0.235. The third-order valence-corrected chi connectivity index (χ3v) is 3.68. The summed E-state index contributed by atoms with van der Waals surface area (Å²) in [6, 6.07) is 9.29. The van der Waals surface area contributed by atoms with Gasteiger partial charge in [-0.25, -0.2) is 8.78 Å². The number of carbonyl (C=O) groups excluding carboxylic acids is 1. The Bertz CT molecular complexity index is 695. The Hall–Kier alpha value is -2.23. The van der Waals surface area contributed by atoms with E-state index >= 15 is 0 Å². The molecule has 2 aromatic carbocycles. The number of Topliss-reactive ketones (excluding diaryl/α,β-unsaturated/α-hetero) is 1. The van der Waals surface area contributed by atoms with Gasteiger partial charge in [0.25, 0.3) is 0 Å². The van der Waals surface area contributed by atoms with Crippen molar-refractivity contribution in [3.8, 4) is 5.75 Å². The van der Waals surface area contributed by atoms with Crippen LogP contribution in [0.2, 0.25) is 0 Å². The highest BCUT2D eigenvalue weighted by Gasteiger charge is 2.20. The molecule has 0 amide bonds. The molecule has 0 saturated heterocycles. The Morgan fingerprint density at radius 2 is 1.86 bits per heavy atom. The largest absolute Gasteiger partial charge is 0.488 e. The fourth-order valence-electron chi connectivity index (χ4n) is 2.60. The minimum Gasteiger partial charge on any atom is -0.488 e. The van der Waals surface area contributed by atoms with Gasteiger partial charge in [-0.3, -0.25) is 4.79 Å². The van der Waals surface area contributed by atoms with Gasteiger partial charge >= 0.3 is 0 Å². The third-order valence-electron chi connectivity index (χ3n) is 3.68. The Balaban J connectivity index is 1.84. The maximum Gasteiger partial charge on any atom is 0.165 e. The number of ketones is 1. The molecule has 0 fully saturated rings. The van der Waals surface area contributed by atoms with Gasteiger partial charge in [-0.15, -0.1) is 0 Å². The Kier molecular flexibility index (Phi) is 3.69. The molecular weight excluding hydrogens is 274 g/mol. The van der Waals surface area contributed by atoms with E-state index in [9.17, 15) is 13.6 Å². The molecule has 3 rings (SSSR count). The van der Waals surface area contributed by atoms with E-state index in [1.165, 1.54) is 12.1 Å². The molecule has 0 radical (unpaired) electrons. The SMILES string of the molecule is O=C1CCCc2c(OCc3cccc(F)c3F)cccc21. The smallest absolute Gasteiger partial charge is 0.165 e. The lowest BCUT2D eigenvalue weighted by Gasteiger charge is -2.18. The van der Waals surface area contributed by atoms with E-state index in [1.807, 2.05) is 0 Å². The summed E-state index contributed by atoms with van der Waals surface area (Å²) in [7, 11) is 0. The van der Waals surface area contributed by atoms with Crippen molar-refractivity contribution >= 4 is 5.78 Å². The van der Waals surface area contributed by atoms with Crippen LogP contribution in [-0.4, -0.2) is 5.78 Å². The van der Waals surface area contributed by atoms with Crippen molar-refractivity contribution < 1.29 is 18.3 Å². The Morgan fingerprint density at radius 3 is 2.71 bits per heavy atom. The average Bonchev–Trinajstić information content (AvgIpc) is 2.49. The molecule has 0 heterocycles. The molecule has 1 aliphatic rings. The van der Waals surface area contributed by atoms with Gasteiger partial charge in [0.05, 0.1) is 0 Å². The second kappa shape index (κ2) is 5.64. The van der Waals surface area contributed by atoms with Gasteiger partial charge in [0, 0.05) is 23.1 Å². The first-order valence-electron chi connectivity index (χ1n) is 6.87. The normalized spacial score (nSPS) is 13.9. The highest BCUT2D eigenvalue weighted by molar-refractivity contribution is 5.99. The van der Waals surface area contributed by atoms with Crippen LogP contribution in [0, 0.1) is 11.6 Å². The number of carbonyl (C=O) groups is 1. The Labute approximate surface area is 121 Å². The lowest BCUT2D eigenvalue weighted by atomic mass is 9.90. The lowest BCUT2D eigenvalue weighted by molar-refractivity contribution is 0.0971. The molecule has 108 valence electrons. The summed E-state index contributed by atoms with van der Waals surface area (Å²) in [5, 5.41) is 0. The number of benzene rings is 2. The number of hydrogen-bond acceptors (Lipinski definition) is 2. The molecule has 21 heavy (non-hydrogen) atoms. The summed E-state index contributed by atoms with van der Waals surface area (Å²) in [6.45, 7) is -0.0613. The quantitative estimate of drug-likeness (QED) is 0.851. The predicted octanol–water partition coefficient (Wildman–Crippen LogP) is 4.06. The van der Waals surface area contributed by atoms with Gasteiger partial charge in [0.1, 0.15) is 12.4 Å². The summed E-state index contributed by atoms with van der Waals surface area (Å²) < 4.78 is 32.4. The summed E-state index contributed by atoms with van der Waals surface area (Å²) in [6.07, 6.45) is 2.11. The van der Waals surface area contributed by atoms with Crippen molar-refractivity contribution in [3.63, 3.8) is 0 Å². The van der Waals surface area contributed by atoms with Crippen LogP contribution >= 0.6 is 0 Å². The lowest BCUT2D eigenvalue weighted by Crippen LogP contribution is -2.12. The zero-order valence-electron chi connectivity index (χ0n) is 11.4. The zero-order valence-corrected chi connectivity index (χ0v) is 11.4. The van der Waals surface area contributed by atoms with Gasteiger partial charge in [0.15, 0.2) is 17.4 Å². The molecule has 0 bridgehead atoms. The van der Waals surface area contributed by atoms with Crippen molar-refractivity contribution in [2.45, 2.75) is 25.9 Å². The molecule has 1 aliphatic carbocycles. The van der Waals surface area contributed by atoms with Crippen LogP contribution in [0.25, 0.3) is 0 Å². The van der Waals surface area contributed by atoms with E-state index in [-0.39, 0.29) is 18.0 Å². The first-order chi connectivity index (χ1) is 10.2. The number of hydrogen-bond donors (Lipinski definition) is 0. The zero-order chi connectivity index (χ0) is 14.8. The number of ether oxygens (including phenoxy) is 1. The van der Waals surface area contributed by atoms with Crippen LogP contribution < -0.4 is 4.74 Å². The maximum atomic E-state index is 13.6. The molecule has 0 atom stereocenters. The van der Waals surface area contributed by atoms with Crippen molar-refractivity contribution in [3.05, 3.63) is 64.7 Å². The molecule has 0 spiro atoms. The highest BCUT2D eigenvalue weighted by atomic mass is 19.2. The van der Waals surface area contributed by atoms with Crippen LogP contribution in [0.5, 0.6) is 5.75 Å². The topological polar surface area (TPSA) is 26.3 Å². The number of rotatable bonds is 3. The minimum absolute atomic E-state index is 0.0613. The molecule has 4 heteroatoms. The molecule has 0 N–H and O–H groups in total. The second-order valence-corrected chi connectivity index (χ2v) is 5.06. The van der Waals surface area contributed by atoms with E-state index in [0.717, 1.165) is 24.5 Å². The molecule has 2 nitrogen and oxygen atoms in total. The summed E-state index contributed by atoms with van der Waals surface area (Å²) in [4.78, 5) is 11.8. The molecule has 0 aliphatic heterocycles. The van der Waals surface area contributed by atoms with E-state index in [4.69, 9.17) is 4.74 Å². The standard InChI is InChI=1S/C17H14F2O2/c18-14-7-1-4-11(17(14)19)10-21-16-9-3-5-12-13(16)6-2-8-15(12)20/h1,3-5,7,9H,2,6,8,10H2. The van der Waals surface area contributed by atoms with Gasteiger partial charge < -0.3 is 4.74 Å². The first kappa shape index (κ1) is 13.7. The number of fused-ring (bicyclic) bond motifs is 1. The average molecular weight is 288 g/mol. The molecule has 0 saturated carbocycles. The van der Waals surface area contributed by atoms with Crippen molar-refractivity contribution in [1.29, 1.82) is 0 Å². The molecule has 0 aromatic heterocycles. The molecule has 2 aromatic rings. The summed E-state index contributed by atoms with van der Waals surface area (Å²) >= 11 is 0. The second-order valence-electron chi connectivity index (χ2n) is 5.06. The highest BCUT2D eigenvalue weighted by Crippen LogP contribution is 2.30. The fourth-order valence-corrected chi connectivity index (χ4v) is 2.60. The van der Waals surface area contributed by atoms with E-state index in [2.05, 4.69) is 0 Å². The molecular formula is C17H14F2O2. The van der Waals surface area contributed by atoms with Crippen LogP contribution in [0.1, 0.15) is 34.3 Å².